The van der Waals surface area contributed by atoms with Crippen LogP contribution in [-0.4, -0.2) is 8.80 Å². The molecule has 0 N–H and O–H groups in total. The van der Waals surface area contributed by atoms with Gasteiger partial charge in [0.15, 0.2) is 0 Å². The number of hydrogen-bond acceptors (Lipinski definition) is 0. The van der Waals surface area contributed by atoms with Gasteiger partial charge in [0.25, 0.3) is 0 Å². The molecule has 0 bridgehead atoms. The van der Waals surface area contributed by atoms with Crippen molar-refractivity contribution in [3.63, 3.8) is 0 Å². The van der Waals surface area contributed by atoms with Crippen LogP contribution in [0.4, 0.5) is 8.78 Å². The van der Waals surface area contributed by atoms with Crippen LogP contribution in [0, 0.1) is 11.6 Å². The third-order valence-electron chi connectivity index (χ3n) is 1.46. The fraction of sp³-hybridized carbons (Fsp3) is 0.250. The monoisotopic (exact) mass is 171 g/mol. The van der Waals surface area contributed by atoms with E-state index >= 15 is 0 Å². The van der Waals surface area contributed by atoms with Crippen molar-refractivity contribution in [3.8, 4) is 0 Å². The highest BCUT2D eigenvalue weighted by atomic mass is 28.3. The van der Waals surface area contributed by atoms with E-state index in [-0.39, 0.29) is 5.19 Å². The predicted octanol–water partition coefficient (Wildman–Crippen LogP) is 1.93. The van der Waals surface area contributed by atoms with E-state index in [0.717, 1.165) is 0 Å². The van der Waals surface area contributed by atoms with Crippen molar-refractivity contribution in [1.82, 2.24) is 0 Å². The SMILES string of the molecule is C[Si](C)c1c(F)cccc1F. The minimum absolute atomic E-state index is 0.275. The molecule has 0 amide bonds. The first-order valence-electron chi connectivity index (χ1n) is 3.37. The second kappa shape index (κ2) is 3.13. The molecule has 0 spiro atoms. The summed E-state index contributed by atoms with van der Waals surface area (Å²) in [4.78, 5) is 0. The maximum atomic E-state index is 12.9. The average molecular weight is 171 g/mol. The zero-order chi connectivity index (χ0) is 8.43. The second-order valence-corrected chi connectivity index (χ2v) is 5.10. The maximum Gasteiger partial charge on any atom is 0.125 e. The topological polar surface area (TPSA) is 0 Å². The lowest BCUT2D eigenvalue weighted by atomic mass is 10.3. The van der Waals surface area contributed by atoms with Crippen LogP contribution in [-0.2, 0) is 0 Å². The standard InChI is InChI=1S/C8H9F2Si/c1-11(2)8-6(9)4-3-5-7(8)10/h3-5H,1-2H3. The van der Waals surface area contributed by atoms with Crippen molar-refractivity contribution >= 4 is 14.0 Å². The quantitative estimate of drug-likeness (QED) is 0.566. The molecule has 11 heavy (non-hydrogen) atoms. The van der Waals surface area contributed by atoms with Gasteiger partial charge in [-0.25, -0.2) is 8.78 Å². The van der Waals surface area contributed by atoms with E-state index in [0.29, 0.717) is 0 Å². The fourth-order valence-electron chi connectivity index (χ4n) is 0.975. The van der Waals surface area contributed by atoms with Gasteiger partial charge < -0.3 is 0 Å². The van der Waals surface area contributed by atoms with Gasteiger partial charge in [0.1, 0.15) is 11.6 Å². The van der Waals surface area contributed by atoms with E-state index in [9.17, 15) is 8.78 Å². The Balaban J connectivity index is 3.21. The third kappa shape index (κ3) is 1.65. The Labute approximate surface area is 66.5 Å². The maximum absolute atomic E-state index is 12.9. The first-order chi connectivity index (χ1) is 5.13. The van der Waals surface area contributed by atoms with Crippen molar-refractivity contribution in [1.29, 1.82) is 0 Å². The van der Waals surface area contributed by atoms with Gasteiger partial charge in [-0.3, -0.25) is 0 Å². The lowest BCUT2D eigenvalue weighted by Gasteiger charge is -2.05. The number of benzene rings is 1. The highest BCUT2D eigenvalue weighted by Crippen LogP contribution is 2.00. The van der Waals surface area contributed by atoms with Crippen molar-refractivity contribution < 1.29 is 8.78 Å². The molecule has 0 atom stereocenters. The smallest absolute Gasteiger partial charge is 0.125 e. The largest absolute Gasteiger partial charge is 0.207 e. The van der Waals surface area contributed by atoms with Crippen LogP contribution in [0.1, 0.15) is 0 Å². The second-order valence-electron chi connectivity index (χ2n) is 2.60. The lowest BCUT2D eigenvalue weighted by molar-refractivity contribution is 0.597. The van der Waals surface area contributed by atoms with Crippen LogP contribution in [0.5, 0.6) is 0 Å². The molecule has 0 aromatic heterocycles. The van der Waals surface area contributed by atoms with E-state index in [1.807, 2.05) is 13.1 Å². The molecule has 1 radical (unpaired) electrons. The molecule has 0 nitrogen and oxygen atoms in total. The van der Waals surface area contributed by atoms with E-state index in [1.165, 1.54) is 18.2 Å². The van der Waals surface area contributed by atoms with E-state index in [1.54, 1.807) is 0 Å². The average Bonchev–Trinajstić information content (AvgIpc) is 1.85. The van der Waals surface area contributed by atoms with Crippen LogP contribution >= 0.6 is 0 Å². The molecule has 0 heterocycles. The van der Waals surface area contributed by atoms with Gasteiger partial charge in [-0.05, 0) is 12.1 Å². The Morgan fingerprint density at radius 2 is 1.55 bits per heavy atom. The Kier molecular flexibility index (Phi) is 2.39. The van der Waals surface area contributed by atoms with Crippen LogP contribution in [0.3, 0.4) is 0 Å². The molecule has 1 aromatic carbocycles. The fourth-order valence-corrected chi connectivity index (χ4v) is 2.10. The summed E-state index contributed by atoms with van der Waals surface area (Å²) in [7, 11) is -1.02. The number of rotatable bonds is 1. The Morgan fingerprint density at radius 3 is 1.82 bits per heavy atom. The van der Waals surface area contributed by atoms with Gasteiger partial charge in [0, 0.05) is 5.19 Å². The molecule has 0 unspecified atom stereocenters. The molecule has 59 valence electrons. The molecular weight excluding hydrogens is 162 g/mol. The van der Waals surface area contributed by atoms with Crippen LogP contribution in [0.2, 0.25) is 13.1 Å². The predicted molar refractivity (Wildman–Crippen MR) is 43.5 cm³/mol. The van der Waals surface area contributed by atoms with Gasteiger partial charge >= 0.3 is 0 Å². The molecule has 1 rings (SSSR count). The minimum Gasteiger partial charge on any atom is -0.207 e. The van der Waals surface area contributed by atoms with Crippen molar-refractivity contribution in [2.75, 3.05) is 0 Å². The molecule has 0 aliphatic carbocycles. The zero-order valence-electron chi connectivity index (χ0n) is 6.49. The molecular formula is C8H9F2Si. The van der Waals surface area contributed by atoms with Gasteiger partial charge in [0.2, 0.25) is 0 Å². The minimum atomic E-state index is -1.02. The van der Waals surface area contributed by atoms with E-state index in [4.69, 9.17) is 0 Å². The van der Waals surface area contributed by atoms with Crippen molar-refractivity contribution in [3.05, 3.63) is 29.8 Å². The Bertz CT molecular complexity index is 238. The highest BCUT2D eigenvalue weighted by molar-refractivity contribution is 6.70. The Morgan fingerprint density at radius 1 is 1.09 bits per heavy atom. The summed E-state index contributed by atoms with van der Waals surface area (Å²) in [5.74, 6) is -0.826. The van der Waals surface area contributed by atoms with Crippen LogP contribution in [0.25, 0.3) is 0 Å². The van der Waals surface area contributed by atoms with Crippen LogP contribution in [0.15, 0.2) is 18.2 Å². The Hall–Kier alpha value is -0.703. The van der Waals surface area contributed by atoms with Crippen molar-refractivity contribution in [2.45, 2.75) is 13.1 Å². The molecule has 0 saturated carbocycles. The van der Waals surface area contributed by atoms with Crippen LogP contribution < -0.4 is 5.19 Å². The van der Waals surface area contributed by atoms with E-state index in [2.05, 4.69) is 0 Å². The van der Waals surface area contributed by atoms with Crippen molar-refractivity contribution in [2.24, 2.45) is 0 Å². The summed E-state index contributed by atoms with van der Waals surface area (Å²) < 4.78 is 25.8. The van der Waals surface area contributed by atoms with Gasteiger partial charge in [-0.15, -0.1) is 0 Å². The summed E-state index contributed by atoms with van der Waals surface area (Å²) >= 11 is 0. The third-order valence-corrected chi connectivity index (χ3v) is 2.94. The normalized spacial score (nSPS) is 10.6. The number of halogens is 2. The summed E-state index contributed by atoms with van der Waals surface area (Å²) in [6.07, 6.45) is 0. The molecule has 0 saturated heterocycles. The molecule has 0 aliphatic heterocycles. The lowest BCUT2D eigenvalue weighted by Crippen LogP contribution is -2.29. The van der Waals surface area contributed by atoms with E-state index < -0.39 is 20.4 Å². The number of hydrogen-bond donors (Lipinski definition) is 0. The van der Waals surface area contributed by atoms with Gasteiger partial charge in [-0.2, -0.15) is 0 Å². The summed E-state index contributed by atoms with van der Waals surface area (Å²) in [6, 6.07) is 3.99. The first-order valence-corrected chi connectivity index (χ1v) is 5.87. The summed E-state index contributed by atoms with van der Waals surface area (Å²) in [5, 5.41) is 0.275. The molecule has 0 fully saturated rings. The van der Waals surface area contributed by atoms with Gasteiger partial charge in [0.05, 0.1) is 8.80 Å². The molecule has 3 heteroatoms. The molecule has 1 aromatic rings. The first kappa shape index (κ1) is 8.39. The zero-order valence-corrected chi connectivity index (χ0v) is 7.49. The molecule has 0 aliphatic rings. The van der Waals surface area contributed by atoms with Gasteiger partial charge in [-0.1, -0.05) is 19.2 Å². The highest BCUT2D eigenvalue weighted by Gasteiger charge is 2.12. The summed E-state index contributed by atoms with van der Waals surface area (Å²) in [6.45, 7) is 3.73. The summed E-state index contributed by atoms with van der Waals surface area (Å²) in [5.41, 5.74) is 0.